The molecule has 1 heterocycles. The first kappa shape index (κ1) is 17.2. The first-order chi connectivity index (χ1) is 9.14. The minimum absolute atomic E-state index is 1.31. The van der Waals surface area contributed by atoms with E-state index in [2.05, 4.69) is 87.7 Å². The van der Waals surface area contributed by atoms with Gasteiger partial charge in [0.1, 0.15) is 0 Å². The molecule has 1 aromatic rings. The molecule has 0 saturated carbocycles. The van der Waals surface area contributed by atoms with Crippen LogP contribution in [-0.4, -0.2) is 16.1 Å². The van der Waals surface area contributed by atoms with Crippen molar-refractivity contribution in [3.63, 3.8) is 0 Å². The Labute approximate surface area is 130 Å². The van der Waals surface area contributed by atoms with Gasteiger partial charge in [0.15, 0.2) is 0 Å². The largest absolute Gasteiger partial charge is 0.144 e. The Morgan fingerprint density at radius 2 is 1.55 bits per heavy atom. The van der Waals surface area contributed by atoms with E-state index in [1.165, 1.54) is 15.3 Å². The molecule has 0 fully saturated rings. The van der Waals surface area contributed by atoms with E-state index in [1.807, 2.05) is 0 Å². The van der Waals surface area contributed by atoms with Crippen molar-refractivity contribution in [2.75, 3.05) is 0 Å². The predicted molar refractivity (Wildman–Crippen MR) is 101 cm³/mol. The van der Waals surface area contributed by atoms with E-state index in [9.17, 15) is 0 Å². The highest BCUT2D eigenvalue weighted by atomic mass is 32.1. The molecule has 0 bridgehead atoms. The molecule has 0 nitrogen and oxygen atoms in total. The summed E-state index contributed by atoms with van der Waals surface area (Å²) in [5.41, 5.74) is 0. The molecular weight excluding hydrogens is 292 g/mol. The molecule has 20 heavy (non-hydrogen) atoms. The summed E-state index contributed by atoms with van der Waals surface area (Å²) in [6.45, 7) is 16.3. The molecule has 0 aromatic carbocycles. The van der Waals surface area contributed by atoms with Gasteiger partial charge in [0.25, 0.3) is 0 Å². The smallest absolute Gasteiger partial charge is 0.0884 e. The summed E-state index contributed by atoms with van der Waals surface area (Å²) in [7, 11) is -2.71. The summed E-state index contributed by atoms with van der Waals surface area (Å²) in [5, 5.41) is 4.82. The molecular formula is C17H26SSi2. The SMILES string of the molecule is C/C=C(\C#C/C(=C\c1cccs1)[Si](C)(C)C)[Si](C)(C)C. The van der Waals surface area contributed by atoms with Crippen molar-refractivity contribution in [3.05, 3.63) is 38.9 Å². The van der Waals surface area contributed by atoms with Crippen LogP contribution < -0.4 is 0 Å². The van der Waals surface area contributed by atoms with Gasteiger partial charge in [0.05, 0.1) is 16.1 Å². The minimum Gasteiger partial charge on any atom is -0.144 e. The van der Waals surface area contributed by atoms with E-state index < -0.39 is 16.1 Å². The summed E-state index contributed by atoms with van der Waals surface area (Å²) in [4.78, 5) is 1.31. The van der Waals surface area contributed by atoms with Gasteiger partial charge in [-0.15, -0.1) is 11.3 Å². The van der Waals surface area contributed by atoms with Crippen molar-refractivity contribution in [2.24, 2.45) is 0 Å². The number of thiophene rings is 1. The molecule has 108 valence electrons. The van der Waals surface area contributed by atoms with Crippen LogP contribution in [0.1, 0.15) is 11.8 Å². The van der Waals surface area contributed by atoms with Crippen LogP contribution in [0.3, 0.4) is 0 Å². The third kappa shape index (κ3) is 5.28. The van der Waals surface area contributed by atoms with E-state index in [1.54, 1.807) is 11.3 Å². The van der Waals surface area contributed by atoms with Crippen molar-refractivity contribution >= 4 is 33.6 Å². The Balaban J connectivity index is 3.18. The van der Waals surface area contributed by atoms with Crippen LogP contribution in [0.5, 0.6) is 0 Å². The fourth-order valence-electron chi connectivity index (χ4n) is 1.78. The second-order valence-electron chi connectivity index (χ2n) is 7.03. The monoisotopic (exact) mass is 318 g/mol. The van der Waals surface area contributed by atoms with Crippen LogP contribution in [0.25, 0.3) is 6.08 Å². The maximum atomic E-state index is 3.50. The van der Waals surface area contributed by atoms with E-state index in [0.717, 1.165) is 0 Å². The van der Waals surface area contributed by atoms with Gasteiger partial charge in [-0.3, -0.25) is 0 Å². The molecule has 3 heteroatoms. The zero-order valence-electron chi connectivity index (χ0n) is 13.8. The first-order valence-corrected chi connectivity index (χ1v) is 15.0. The lowest BCUT2D eigenvalue weighted by Gasteiger charge is -2.18. The molecule has 0 N–H and O–H groups in total. The normalized spacial score (nSPS) is 13.9. The summed E-state index contributed by atoms with van der Waals surface area (Å²) < 4.78 is 0. The van der Waals surface area contributed by atoms with Crippen LogP contribution in [0, 0.1) is 11.8 Å². The maximum Gasteiger partial charge on any atom is 0.0884 e. The van der Waals surface area contributed by atoms with E-state index in [-0.39, 0.29) is 0 Å². The molecule has 0 atom stereocenters. The van der Waals surface area contributed by atoms with E-state index >= 15 is 0 Å². The van der Waals surface area contributed by atoms with Crippen LogP contribution in [0.4, 0.5) is 0 Å². The maximum absolute atomic E-state index is 3.50. The average molecular weight is 319 g/mol. The standard InChI is InChI=1S/C17H26SSi2/c1-8-16(19(2,3)4)11-12-17(20(5,6)7)14-15-10-9-13-18-15/h8-10,13-14H,1-7H3/b16-8+,17-14+. The highest BCUT2D eigenvalue weighted by Gasteiger charge is 2.20. The van der Waals surface area contributed by atoms with Crippen LogP contribution >= 0.6 is 11.3 Å². The van der Waals surface area contributed by atoms with E-state index in [0.29, 0.717) is 0 Å². The van der Waals surface area contributed by atoms with Gasteiger partial charge in [-0.25, -0.2) is 0 Å². The third-order valence-corrected chi connectivity index (χ3v) is 7.80. The van der Waals surface area contributed by atoms with E-state index in [4.69, 9.17) is 0 Å². The van der Waals surface area contributed by atoms with Crippen LogP contribution in [-0.2, 0) is 0 Å². The second-order valence-corrected chi connectivity index (χ2v) is 18.1. The average Bonchev–Trinajstić information content (AvgIpc) is 2.77. The van der Waals surface area contributed by atoms with Crippen LogP contribution in [0.2, 0.25) is 39.3 Å². The highest BCUT2D eigenvalue weighted by Crippen LogP contribution is 2.21. The van der Waals surface area contributed by atoms with Gasteiger partial charge in [-0.1, -0.05) is 63.3 Å². The molecule has 0 amide bonds. The van der Waals surface area contributed by atoms with Gasteiger partial charge < -0.3 is 0 Å². The number of hydrogen-bond donors (Lipinski definition) is 0. The van der Waals surface area contributed by atoms with Crippen molar-refractivity contribution in [1.82, 2.24) is 0 Å². The number of allylic oxidation sites excluding steroid dienone is 3. The van der Waals surface area contributed by atoms with Crippen molar-refractivity contribution in [3.8, 4) is 11.8 Å². The molecule has 0 spiro atoms. The zero-order valence-corrected chi connectivity index (χ0v) is 16.6. The fourth-order valence-corrected chi connectivity index (χ4v) is 4.87. The fraction of sp³-hybridized carbons (Fsp3) is 0.412. The highest BCUT2D eigenvalue weighted by molar-refractivity contribution is 7.11. The topological polar surface area (TPSA) is 0 Å². The first-order valence-electron chi connectivity index (χ1n) is 7.09. The Hall–Kier alpha value is -0.826. The Bertz CT molecular complexity index is 553. The lowest BCUT2D eigenvalue weighted by molar-refractivity contribution is 1.62. The molecule has 0 aliphatic carbocycles. The molecule has 1 aromatic heterocycles. The molecule has 0 aliphatic rings. The molecule has 1 rings (SSSR count). The molecule has 0 radical (unpaired) electrons. The Morgan fingerprint density at radius 1 is 1.00 bits per heavy atom. The van der Waals surface area contributed by atoms with Gasteiger partial charge in [0, 0.05) is 4.88 Å². The van der Waals surface area contributed by atoms with Gasteiger partial charge >= 0.3 is 0 Å². The molecule has 0 unspecified atom stereocenters. The summed E-state index contributed by atoms with van der Waals surface area (Å²) in [6.07, 6.45) is 4.49. The van der Waals surface area contributed by atoms with Gasteiger partial charge in [-0.2, -0.15) is 0 Å². The minimum atomic E-state index is -1.40. The van der Waals surface area contributed by atoms with Gasteiger partial charge in [0.2, 0.25) is 0 Å². The number of hydrogen-bond acceptors (Lipinski definition) is 1. The summed E-state index contributed by atoms with van der Waals surface area (Å²) >= 11 is 1.79. The summed E-state index contributed by atoms with van der Waals surface area (Å²) in [5.74, 6) is 6.97. The predicted octanol–water partition coefficient (Wildman–Crippen LogP) is 5.84. The molecule has 0 saturated heterocycles. The quantitative estimate of drug-likeness (QED) is 0.485. The Morgan fingerprint density at radius 3 is 1.95 bits per heavy atom. The van der Waals surface area contributed by atoms with Crippen molar-refractivity contribution < 1.29 is 0 Å². The third-order valence-electron chi connectivity index (χ3n) is 3.07. The Kier molecular flexibility index (Phi) is 5.82. The van der Waals surface area contributed by atoms with Crippen LogP contribution in [0.15, 0.2) is 34.0 Å². The molecule has 0 aliphatic heterocycles. The lowest BCUT2D eigenvalue weighted by atomic mass is 10.4. The number of rotatable bonds is 3. The van der Waals surface area contributed by atoms with Crippen molar-refractivity contribution in [2.45, 2.75) is 46.2 Å². The summed E-state index contributed by atoms with van der Waals surface area (Å²) in [6, 6.07) is 4.27. The van der Waals surface area contributed by atoms with Crippen molar-refractivity contribution in [1.29, 1.82) is 0 Å². The van der Waals surface area contributed by atoms with Gasteiger partial charge in [-0.05, 0) is 34.8 Å². The lowest BCUT2D eigenvalue weighted by Crippen LogP contribution is -2.24. The zero-order chi connectivity index (χ0) is 15.4. The second kappa shape index (κ2) is 6.75.